The smallest absolute Gasteiger partial charge is 0.322 e. The molecule has 1 aliphatic carbocycles. The normalized spacial score (nSPS) is 13.7. The predicted octanol–water partition coefficient (Wildman–Crippen LogP) is 0.329. The summed E-state index contributed by atoms with van der Waals surface area (Å²) in [5.41, 5.74) is -2.30. The van der Waals surface area contributed by atoms with Gasteiger partial charge in [-0.3, -0.25) is 23.7 Å². The summed E-state index contributed by atoms with van der Waals surface area (Å²) in [4.78, 5) is 48.0. The molecule has 1 heterocycles. The zero-order chi connectivity index (χ0) is 20.1. The first-order valence-corrected chi connectivity index (χ1v) is 8.78. The van der Waals surface area contributed by atoms with Crippen molar-refractivity contribution in [1.82, 2.24) is 15.2 Å². The molecular weight excluding hydrogens is 358 g/mol. The van der Waals surface area contributed by atoms with Crippen LogP contribution in [0.5, 0.6) is 11.6 Å². The third kappa shape index (κ3) is 4.21. The quantitative estimate of drug-likeness (QED) is 0.406. The predicted molar refractivity (Wildman–Crippen MR) is 94.1 cm³/mol. The Hall–Kier alpha value is -3.04. The Bertz CT molecular complexity index is 812. The van der Waals surface area contributed by atoms with Crippen LogP contribution >= 0.6 is 0 Å². The molecule has 1 aromatic heterocycles. The van der Waals surface area contributed by atoms with Crippen LogP contribution in [0.25, 0.3) is 0 Å². The second kappa shape index (κ2) is 8.56. The van der Waals surface area contributed by atoms with Crippen molar-refractivity contribution < 1.29 is 29.7 Å². The highest BCUT2D eigenvalue weighted by atomic mass is 16.4. The largest absolute Gasteiger partial charge is 0.506 e. The second-order valence-corrected chi connectivity index (χ2v) is 6.37. The molecule has 5 N–H and O–H groups in total. The van der Waals surface area contributed by atoms with E-state index >= 15 is 0 Å². The molecule has 2 amide bonds. The van der Waals surface area contributed by atoms with E-state index in [1.165, 1.54) is 0 Å². The van der Waals surface area contributed by atoms with Crippen LogP contribution in [0.4, 0.5) is 0 Å². The molecule has 10 heteroatoms. The average Bonchev–Trinajstić information content (AvgIpc) is 2.55. The SMILES string of the molecule is CCCCNC(=O)c1c(O)c(C(=O)NCC(=O)O)c(=O)n(C2CCC2)c1O. The van der Waals surface area contributed by atoms with Crippen molar-refractivity contribution in [2.75, 3.05) is 13.1 Å². The number of aromatic hydroxyl groups is 2. The van der Waals surface area contributed by atoms with Gasteiger partial charge >= 0.3 is 5.97 Å². The number of unbranched alkanes of at least 4 members (excludes halogenated alkanes) is 1. The Morgan fingerprint density at radius 2 is 1.74 bits per heavy atom. The number of pyridine rings is 1. The summed E-state index contributed by atoms with van der Waals surface area (Å²) in [7, 11) is 0. The lowest BCUT2D eigenvalue weighted by Gasteiger charge is -2.29. The van der Waals surface area contributed by atoms with Gasteiger partial charge in [-0.1, -0.05) is 13.3 Å². The summed E-state index contributed by atoms with van der Waals surface area (Å²) in [6.07, 6.45) is 3.44. The Kier molecular flexibility index (Phi) is 6.43. The fourth-order valence-corrected chi connectivity index (χ4v) is 2.78. The van der Waals surface area contributed by atoms with Crippen LogP contribution in [0.1, 0.15) is 65.8 Å². The fourth-order valence-electron chi connectivity index (χ4n) is 2.78. The fraction of sp³-hybridized carbons (Fsp3) is 0.529. The van der Waals surface area contributed by atoms with E-state index in [0.29, 0.717) is 19.3 Å². The van der Waals surface area contributed by atoms with Gasteiger partial charge in [0.25, 0.3) is 17.4 Å². The van der Waals surface area contributed by atoms with Crippen molar-refractivity contribution in [2.24, 2.45) is 0 Å². The number of carboxylic acid groups (broad SMARTS) is 1. The Morgan fingerprint density at radius 3 is 2.26 bits per heavy atom. The van der Waals surface area contributed by atoms with Crippen molar-refractivity contribution in [3.05, 3.63) is 21.5 Å². The average molecular weight is 381 g/mol. The van der Waals surface area contributed by atoms with Crippen molar-refractivity contribution in [3.8, 4) is 11.6 Å². The molecule has 1 aliphatic rings. The minimum atomic E-state index is -1.33. The molecule has 0 aromatic carbocycles. The third-order valence-corrected chi connectivity index (χ3v) is 4.47. The second-order valence-electron chi connectivity index (χ2n) is 6.37. The van der Waals surface area contributed by atoms with Crippen molar-refractivity contribution in [2.45, 2.75) is 45.1 Å². The number of hydrogen-bond donors (Lipinski definition) is 5. The summed E-state index contributed by atoms with van der Waals surface area (Å²) >= 11 is 0. The van der Waals surface area contributed by atoms with Crippen LogP contribution in [0.15, 0.2) is 4.79 Å². The van der Waals surface area contributed by atoms with Crippen LogP contribution in [0.3, 0.4) is 0 Å². The number of carbonyl (C=O) groups excluding carboxylic acids is 2. The van der Waals surface area contributed by atoms with Crippen LogP contribution in [0, 0.1) is 0 Å². The number of aromatic nitrogens is 1. The molecule has 0 saturated heterocycles. The monoisotopic (exact) mass is 381 g/mol. The van der Waals surface area contributed by atoms with Gasteiger partial charge in [0.05, 0.1) is 0 Å². The van der Waals surface area contributed by atoms with Gasteiger partial charge in [0.2, 0.25) is 5.88 Å². The summed E-state index contributed by atoms with van der Waals surface area (Å²) in [5.74, 6) is -4.95. The first-order valence-electron chi connectivity index (χ1n) is 8.78. The third-order valence-electron chi connectivity index (χ3n) is 4.47. The molecule has 1 fully saturated rings. The van der Waals surface area contributed by atoms with E-state index < -0.39 is 58.7 Å². The number of nitrogens with zero attached hydrogens (tertiary/aromatic N) is 1. The number of carboxylic acids is 1. The van der Waals surface area contributed by atoms with E-state index in [1.54, 1.807) is 0 Å². The maximum atomic E-state index is 12.7. The number of hydrogen-bond acceptors (Lipinski definition) is 6. The van der Waals surface area contributed by atoms with Gasteiger partial charge in [0, 0.05) is 12.6 Å². The van der Waals surface area contributed by atoms with Gasteiger partial charge in [0.1, 0.15) is 17.7 Å². The molecule has 0 aliphatic heterocycles. The molecule has 27 heavy (non-hydrogen) atoms. The molecule has 1 aromatic rings. The van der Waals surface area contributed by atoms with Gasteiger partial charge in [-0.25, -0.2) is 0 Å². The van der Waals surface area contributed by atoms with Gasteiger partial charge in [0.15, 0.2) is 5.75 Å². The molecule has 0 spiro atoms. The van der Waals surface area contributed by atoms with Crippen molar-refractivity contribution >= 4 is 17.8 Å². The van der Waals surface area contributed by atoms with Gasteiger partial charge in [-0.05, 0) is 25.7 Å². The van der Waals surface area contributed by atoms with Gasteiger partial charge < -0.3 is 26.0 Å². The number of rotatable bonds is 8. The minimum absolute atomic E-state index is 0.289. The van der Waals surface area contributed by atoms with E-state index in [1.807, 2.05) is 12.2 Å². The molecule has 0 atom stereocenters. The highest BCUT2D eigenvalue weighted by molar-refractivity contribution is 6.05. The maximum Gasteiger partial charge on any atom is 0.322 e. The van der Waals surface area contributed by atoms with Crippen LogP contribution in [0.2, 0.25) is 0 Å². The highest BCUT2D eigenvalue weighted by Crippen LogP contribution is 2.37. The Balaban J connectivity index is 2.53. The lowest BCUT2D eigenvalue weighted by atomic mass is 9.92. The van der Waals surface area contributed by atoms with E-state index in [9.17, 15) is 29.4 Å². The highest BCUT2D eigenvalue weighted by Gasteiger charge is 2.33. The minimum Gasteiger partial charge on any atom is -0.506 e. The molecule has 1 saturated carbocycles. The molecule has 0 unspecified atom stereocenters. The maximum absolute atomic E-state index is 12.7. The zero-order valence-electron chi connectivity index (χ0n) is 14.9. The Labute approximate surface area is 154 Å². The number of carbonyl (C=O) groups is 3. The number of nitrogens with one attached hydrogen (secondary N) is 2. The van der Waals surface area contributed by atoms with E-state index in [0.717, 1.165) is 17.4 Å². The lowest BCUT2D eigenvalue weighted by Crippen LogP contribution is -2.39. The molecule has 10 nitrogen and oxygen atoms in total. The summed E-state index contributed by atoms with van der Waals surface area (Å²) in [5, 5.41) is 34.0. The van der Waals surface area contributed by atoms with E-state index in [-0.39, 0.29) is 6.54 Å². The molecule has 148 valence electrons. The van der Waals surface area contributed by atoms with Crippen LogP contribution < -0.4 is 16.2 Å². The first-order chi connectivity index (χ1) is 12.8. The zero-order valence-corrected chi connectivity index (χ0v) is 14.9. The van der Waals surface area contributed by atoms with Crippen molar-refractivity contribution in [3.63, 3.8) is 0 Å². The van der Waals surface area contributed by atoms with Crippen LogP contribution in [-0.4, -0.2) is 50.8 Å². The Morgan fingerprint density at radius 1 is 1.11 bits per heavy atom. The van der Waals surface area contributed by atoms with Gasteiger partial charge in [-0.15, -0.1) is 0 Å². The summed E-state index contributed by atoms with van der Waals surface area (Å²) in [6.45, 7) is 1.44. The standard InChI is InChI=1S/C17H23N3O7/c1-2-3-7-18-14(24)11-13(23)12(15(25)19-8-10(21)22)17(27)20(16(11)26)9-5-4-6-9/h9,23,26H,2-8H2,1H3,(H,18,24)(H,19,25)(H,21,22). The van der Waals surface area contributed by atoms with E-state index in [4.69, 9.17) is 5.11 Å². The molecule has 0 bridgehead atoms. The topological polar surface area (TPSA) is 158 Å². The van der Waals surface area contributed by atoms with Gasteiger partial charge in [-0.2, -0.15) is 0 Å². The first kappa shape index (κ1) is 20.3. The summed E-state index contributed by atoms with van der Waals surface area (Å²) < 4.78 is 0.924. The lowest BCUT2D eigenvalue weighted by molar-refractivity contribution is -0.135. The van der Waals surface area contributed by atoms with Crippen LogP contribution in [-0.2, 0) is 4.79 Å². The van der Waals surface area contributed by atoms with E-state index in [2.05, 4.69) is 5.32 Å². The van der Waals surface area contributed by atoms with Crippen molar-refractivity contribution in [1.29, 1.82) is 0 Å². The number of amides is 2. The molecular formula is C17H23N3O7. The number of aliphatic carboxylic acids is 1. The summed E-state index contributed by atoms with van der Waals surface area (Å²) in [6, 6.07) is -0.397. The molecule has 0 radical (unpaired) electrons. The molecule has 2 rings (SSSR count).